The van der Waals surface area contributed by atoms with Crippen molar-refractivity contribution in [3.8, 4) is 16.9 Å². The minimum Gasteiger partial charge on any atom is -0.490 e. The second-order valence-electron chi connectivity index (χ2n) is 10.4. The fourth-order valence-electron chi connectivity index (χ4n) is 5.40. The summed E-state index contributed by atoms with van der Waals surface area (Å²) >= 11 is 0. The first-order valence-corrected chi connectivity index (χ1v) is 14.2. The van der Waals surface area contributed by atoms with Crippen molar-refractivity contribution >= 4 is 0 Å². The highest BCUT2D eigenvalue weighted by molar-refractivity contribution is 5.65. The lowest BCUT2D eigenvalue weighted by atomic mass is 9.78. The largest absolute Gasteiger partial charge is 0.490 e. The topological polar surface area (TPSA) is 9.23 Å². The van der Waals surface area contributed by atoms with Gasteiger partial charge in [0.15, 0.2) is 11.6 Å². The number of rotatable bonds is 12. The Bertz CT molecular complexity index is 1190. The van der Waals surface area contributed by atoms with Gasteiger partial charge in [-0.25, -0.2) is 4.39 Å². The Kier molecular flexibility index (Phi) is 10.3. The average molecular weight is 515 g/mol. The van der Waals surface area contributed by atoms with Gasteiger partial charge in [0.2, 0.25) is 5.82 Å². The monoisotopic (exact) mass is 514 g/mol. The number of halogens is 2. The third kappa shape index (κ3) is 7.43. The number of ether oxygens (including phenoxy) is 1. The van der Waals surface area contributed by atoms with Gasteiger partial charge in [-0.05, 0) is 97.6 Å². The number of allylic oxidation sites excluding steroid dienone is 2. The van der Waals surface area contributed by atoms with Gasteiger partial charge in [0.25, 0.3) is 0 Å². The molecule has 0 N–H and O–H groups in total. The summed E-state index contributed by atoms with van der Waals surface area (Å²) in [6, 6.07) is 20.1. The van der Waals surface area contributed by atoms with Gasteiger partial charge in [0.05, 0.1) is 6.61 Å². The third-order valence-electron chi connectivity index (χ3n) is 7.66. The zero-order valence-electron chi connectivity index (χ0n) is 22.6. The highest BCUT2D eigenvalue weighted by atomic mass is 19.2. The molecule has 0 heterocycles. The van der Waals surface area contributed by atoms with Gasteiger partial charge in [-0.3, -0.25) is 0 Å². The lowest BCUT2D eigenvalue weighted by Crippen LogP contribution is -2.11. The quantitative estimate of drug-likeness (QED) is 0.173. The molecule has 0 aliphatic heterocycles. The summed E-state index contributed by atoms with van der Waals surface area (Å²) in [5.74, 6) is -0.506. The number of hydrogen-bond donors (Lipinski definition) is 0. The molecule has 3 aromatic carbocycles. The van der Waals surface area contributed by atoms with E-state index in [0.717, 1.165) is 12.8 Å². The van der Waals surface area contributed by atoms with Crippen LogP contribution in [0.2, 0.25) is 0 Å². The summed E-state index contributed by atoms with van der Waals surface area (Å²) in [4.78, 5) is 0. The van der Waals surface area contributed by atoms with E-state index < -0.39 is 11.6 Å². The maximum Gasteiger partial charge on any atom is 0.201 e. The van der Waals surface area contributed by atoms with Crippen LogP contribution in [0.5, 0.6) is 5.75 Å². The van der Waals surface area contributed by atoms with Crippen LogP contribution in [-0.2, 0) is 12.8 Å². The number of aryl methyl sites for hydroxylation is 2. The molecule has 38 heavy (non-hydrogen) atoms. The Morgan fingerprint density at radius 2 is 1.50 bits per heavy atom. The highest BCUT2D eigenvalue weighted by Crippen LogP contribution is 2.36. The fourth-order valence-corrected chi connectivity index (χ4v) is 5.40. The lowest BCUT2D eigenvalue weighted by molar-refractivity contribution is 0.302. The van der Waals surface area contributed by atoms with Crippen molar-refractivity contribution in [3.63, 3.8) is 0 Å². The first kappa shape index (κ1) is 27.8. The smallest absolute Gasteiger partial charge is 0.201 e. The molecule has 0 saturated heterocycles. The van der Waals surface area contributed by atoms with E-state index in [4.69, 9.17) is 4.74 Å². The van der Waals surface area contributed by atoms with Gasteiger partial charge in [0.1, 0.15) is 0 Å². The van der Waals surface area contributed by atoms with Crippen molar-refractivity contribution in [2.24, 2.45) is 5.92 Å². The van der Waals surface area contributed by atoms with Gasteiger partial charge in [0, 0.05) is 5.56 Å². The van der Waals surface area contributed by atoms with E-state index in [1.807, 2.05) is 24.3 Å². The molecule has 0 bridgehead atoms. The fraction of sp³-hybridized carbons (Fsp3) is 0.371. The molecule has 0 spiro atoms. The SMILES string of the molecule is C=CCCOc1ccc(-c2ccc(CCC=CC3CCC(c4ccc(CCC)cc4)CC3)cc2)c(F)c1F. The minimum atomic E-state index is -0.945. The molecule has 3 heteroatoms. The van der Waals surface area contributed by atoms with Crippen LogP contribution in [0.4, 0.5) is 8.78 Å². The molecule has 1 fully saturated rings. The maximum absolute atomic E-state index is 14.7. The molecule has 0 unspecified atom stereocenters. The average Bonchev–Trinajstić information content (AvgIpc) is 2.95. The van der Waals surface area contributed by atoms with E-state index in [1.165, 1.54) is 61.3 Å². The van der Waals surface area contributed by atoms with Gasteiger partial charge in [-0.15, -0.1) is 6.58 Å². The standard InChI is InChI=1S/C35H40F2O/c1-3-5-25-38-33-24-23-32(34(36)35(33)37)31-21-15-28(16-22-31)10-7-6-9-27-13-19-30(20-14-27)29-17-11-26(8-4-2)12-18-29/h3,6,9,11-12,15-18,21-24,27,30H,1,4-5,7-8,10,13-14,19-20,25H2,2H3. The van der Waals surface area contributed by atoms with Crippen LogP contribution in [0.1, 0.15) is 74.5 Å². The molecule has 0 aromatic heterocycles. The third-order valence-corrected chi connectivity index (χ3v) is 7.66. The van der Waals surface area contributed by atoms with E-state index in [2.05, 4.69) is 49.9 Å². The number of hydrogen-bond acceptors (Lipinski definition) is 1. The van der Waals surface area contributed by atoms with Gasteiger partial charge >= 0.3 is 0 Å². The molecule has 4 rings (SSSR count). The molecule has 1 nitrogen and oxygen atoms in total. The minimum absolute atomic E-state index is 0.0638. The molecule has 1 aliphatic carbocycles. The molecular weight excluding hydrogens is 474 g/mol. The summed E-state index contributed by atoms with van der Waals surface area (Å²) in [6.07, 6.45) is 16.3. The van der Waals surface area contributed by atoms with E-state index in [9.17, 15) is 8.78 Å². The van der Waals surface area contributed by atoms with E-state index in [0.29, 0.717) is 23.8 Å². The molecule has 0 atom stereocenters. The maximum atomic E-state index is 14.7. The Morgan fingerprint density at radius 3 is 2.18 bits per heavy atom. The predicted octanol–water partition coefficient (Wildman–Crippen LogP) is 10.0. The van der Waals surface area contributed by atoms with Crippen molar-refractivity contribution in [1.82, 2.24) is 0 Å². The zero-order chi connectivity index (χ0) is 26.7. The summed E-state index contributed by atoms with van der Waals surface area (Å²) in [6.45, 7) is 6.11. The van der Waals surface area contributed by atoms with Crippen molar-refractivity contribution in [3.05, 3.63) is 114 Å². The van der Waals surface area contributed by atoms with Crippen LogP contribution in [-0.4, -0.2) is 6.61 Å². The molecule has 1 saturated carbocycles. The molecule has 3 aromatic rings. The van der Waals surface area contributed by atoms with Crippen LogP contribution >= 0.6 is 0 Å². The lowest BCUT2D eigenvalue weighted by Gasteiger charge is -2.27. The summed E-state index contributed by atoms with van der Waals surface area (Å²) in [5.41, 5.74) is 5.06. The van der Waals surface area contributed by atoms with Crippen molar-refractivity contribution in [2.75, 3.05) is 6.61 Å². The van der Waals surface area contributed by atoms with E-state index in [1.54, 1.807) is 12.1 Å². The Labute approximate surface area is 227 Å². The summed E-state index contributed by atoms with van der Waals surface area (Å²) in [7, 11) is 0. The summed E-state index contributed by atoms with van der Waals surface area (Å²) < 4.78 is 34.4. The second-order valence-corrected chi connectivity index (χ2v) is 10.4. The van der Waals surface area contributed by atoms with Crippen LogP contribution in [0.25, 0.3) is 11.1 Å². The van der Waals surface area contributed by atoms with E-state index >= 15 is 0 Å². The molecular formula is C35H40F2O. The van der Waals surface area contributed by atoms with Crippen LogP contribution in [0.15, 0.2) is 85.5 Å². The molecule has 0 radical (unpaired) electrons. The highest BCUT2D eigenvalue weighted by Gasteiger charge is 2.21. The van der Waals surface area contributed by atoms with Crippen LogP contribution < -0.4 is 4.74 Å². The van der Waals surface area contributed by atoms with Crippen LogP contribution in [0.3, 0.4) is 0 Å². The van der Waals surface area contributed by atoms with Crippen molar-refractivity contribution < 1.29 is 13.5 Å². The van der Waals surface area contributed by atoms with Gasteiger partial charge < -0.3 is 4.74 Å². The Balaban J connectivity index is 1.23. The Morgan fingerprint density at radius 1 is 0.816 bits per heavy atom. The predicted molar refractivity (Wildman–Crippen MR) is 155 cm³/mol. The van der Waals surface area contributed by atoms with Crippen LogP contribution in [0, 0.1) is 17.6 Å². The van der Waals surface area contributed by atoms with E-state index in [-0.39, 0.29) is 17.9 Å². The van der Waals surface area contributed by atoms with Crippen molar-refractivity contribution in [1.29, 1.82) is 0 Å². The normalized spacial score (nSPS) is 17.6. The Hall–Kier alpha value is -3.20. The molecule has 0 amide bonds. The van der Waals surface area contributed by atoms with Gasteiger partial charge in [-0.2, -0.15) is 4.39 Å². The van der Waals surface area contributed by atoms with Gasteiger partial charge in [-0.1, -0.05) is 80.1 Å². The van der Waals surface area contributed by atoms with Crippen molar-refractivity contribution in [2.45, 2.75) is 70.6 Å². The number of benzene rings is 3. The molecule has 200 valence electrons. The zero-order valence-corrected chi connectivity index (χ0v) is 22.6. The first-order valence-electron chi connectivity index (χ1n) is 14.2. The second kappa shape index (κ2) is 14.1. The summed E-state index contributed by atoms with van der Waals surface area (Å²) in [5, 5.41) is 0. The molecule has 1 aliphatic rings. The first-order chi connectivity index (χ1) is 18.6.